The van der Waals surface area contributed by atoms with Crippen LogP contribution < -0.4 is 0 Å². The van der Waals surface area contributed by atoms with Crippen LogP contribution in [-0.4, -0.2) is 44.9 Å². The highest BCUT2D eigenvalue weighted by Gasteiger charge is 2.16. The molecule has 2 aromatic heterocycles. The summed E-state index contributed by atoms with van der Waals surface area (Å²) in [4.78, 5) is 10.5. The summed E-state index contributed by atoms with van der Waals surface area (Å²) in [6, 6.07) is 3.88. The monoisotopic (exact) mass is 306 g/mol. The summed E-state index contributed by atoms with van der Waals surface area (Å²) in [7, 11) is 0. The van der Waals surface area contributed by atoms with Gasteiger partial charge in [0.15, 0.2) is 5.82 Å². The summed E-state index contributed by atoms with van der Waals surface area (Å²) >= 11 is 0. The molecule has 0 aliphatic carbocycles. The van der Waals surface area contributed by atoms with E-state index in [0.29, 0.717) is 38.0 Å². The zero-order valence-corrected chi connectivity index (χ0v) is 13.0. The molecule has 0 spiro atoms. The Kier molecular flexibility index (Phi) is 6.45. The van der Waals surface area contributed by atoms with E-state index < -0.39 is 0 Å². The Bertz CT molecular complexity index is 547. The van der Waals surface area contributed by atoms with Gasteiger partial charge in [-0.3, -0.25) is 9.88 Å². The van der Waals surface area contributed by atoms with E-state index in [9.17, 15) is 5.11 Å². The summed E-state index contributed by atoms with van der Waals surface area (Å²) in [5.41, 5.74) is 1.07. The maximum Gasteiger partial charge on any atom is 0.240 e. The minimum atomic E-state index is -0.188. The molecule has 0 saturated carbocycles. The number of hydrogen-bond donors (Lipinski definition) is 1. The Balaban J connectivity index is 1.98. The first-order valence-electron chi connectivity index (χ1n) is 7.39. The van der Waals surface area contributed by atoms with Gasteiger partial charge in [-0.05, 0) is 25.5 Å². The first-order valence-corrected chi connectivity index (χ1v) is 7.39. The van der Waals surface area contributed by atoms with Gasteiger partial charge in [-0.2, -0.15) is 4.98 Å². The fraction of sp³-hybridized carbons (Fsp3) is 0.533. The Morgan fingerprint density at radius 1 is 1.41 bits per heavy atom. The first-order chi connectivity index (χ1) is 10.7. The number of aliphatic hydroxyl groups excluding tert-OH is 1. The van der Waals surface area contributed by atoms with E-state index in [4.69, 9.17) is 9.26 Å². The lowest BCUT2D eigenvalue weighted by Gasteiger charge is -2.18. The quantitative estimate of drug-likeness (QED) is 0.752. The number of nitrogens with zero attached hydrogens (tertiary/aromatic N) is 4. The molecule has 0 aromatic carbocycles. The molecule has 0 saturated heterocycles. The third-order valence-corrected chi connectivity index (χ3v) is 3.17. The summed E-state index contributed by atoms with van der Waals surface area (Å²) in [5.74, 6) is 1.06. The highest BCUT2D eigenvalue weighted by Crippen LogP contribution is 2.14. The minimum absolute atomic E-state index is 0.0661. The Labute approximate surface area is 129 Å². The van der Waals surface area contributed by atoms with E-state index in [1.165, 1.54) is 0 Å². The maximum atomic E-state index is 9.21. The highest BCUT2D eigenvalue weighted by molar-refractivity contribution is 5.08. The zero-order chi connectivity index (χ0) is 15.8. The smallest absolute Gasteiger partial charge is 0.240 e. The van der Waals surface area contributed by atoms with Gasteiger partial charge in [0.2, 0.25) is 5.89 Å². The SMILES string of the molecule is CCO[C@@H](C)c1noc(CN(CCO)Cc2cccnc2)n1. The molecule has 0 aliphatic heterocycles. The molecule has 1 N–H and O–H groups in total. The molecule has 0 amide bonds. The predicted octanol–water partition coefficient (Wildman–Crippen LogP) is 1.56. The highest BCUT2D eigenvalue weighted by atomic mass is 16.5. The second-order valence-corrected chi connectivity index (χ2v) is 4.94. The largest absolute Gasteiger partial charge is 0.395 e. The minimum Gasteiger partial charge on any atom is -0.395 e. The Morgan fingerprint density at radius 3 is 2.95 bits per heavy atom. The summed E-state index contributed by atoms with van der Waals surface area (Å²) in [6.45, 7) is 6.13. The van der Waals surface area contributed by atoms with Crippen LogP contribution in [0, 0.1) is 0 Å². The molecule has 2 heterocycles. The van der Waals surface area contributed by atoms with Gasteiger partial charge < -0.3 is 14.4 Å². The van der Waals surface area contributed by atoms with Gasteiger partial charge >= 0.3 is 0 Å². The van der Waals surface area contributed by atoms with Crippen molar-refractivity contribution in [1.29, 1.82) is 0 Å². The van der Waals surface area contributed by atoms with Crippen molar-refractivity contribution in [3.63, 3.8) is 0 Å². The van der Waals surface area contributed by atoms with Crippen molar-refractivity contribution in [2.45, 2.75) is 33.0 Å². The molecule has 0 bridgehead atoms. The Hall–Kier alpha value is -1.83. The van der Waals surface area contributed by atoms with Crippen molar-refractivity contribution in [3.8, 4) is 0 Å². The summed E-state index contributed by atoms with van der Waals surface area (Å²) in [5, 5.41) is 13.2. The third kappa shape index (κ3) is 4.87. The molecule has 0 aliphatic rings. The topological polar surface area (TPSA) is 84.5 Å². The van der Waals surface area contributed by atoms with E-state index in [0.717, 1.165) is 5.56 Å². The van der Waals surface area contributed by atoms with Crippen LogP contribution in [0.1, 0.15) is 37.2 Å². The number of rotatable bonds is 9. The number of ether oxygens (including phenoxy) is 1. The van der Waals surface area contributed by atoms with E-state index in [2.05, 4.69) is 15.1 Å². The average molecular weight is 306 g/mol. The molecule has 0 radical (unpaired) electrons. The molecule has 7 heteroatoms. The molecular formula is C15H22N4O3. The molecule has 2 aromatic rings. The number of pyridine rings is 1. The first kappa shape index (κ1) is 16.5. The van der Waals surface area contributed by atoms with Crippen LogP contribution in [0.2, 0.25) is 0 Å². The van der Waals surface area contributed by atoms with Crippen molar-refractivity contribution >= 4 is 0 Å². The maximum absolute atomic E-state index is 9.21. The molecule has 2 rings (SSSR count). The molecule has 22 heavy (non-hydrogen) atoms. The molecule has 1 atom stereocenters. The molecule has 7 nitrogen and oxygen atoms in total. The van der Waals surface area contributed by atoms with Crippen molar-refractivity contribution in [1.82, 2.24) is 20.0 Å². The van der Waals surface area contributed by atoms with Gasteiger partial charge in [-0.1, -0.05) is 11.2 Å². The van der Waals surface area contributed by atoms with Crippen LogP contribution in [0.3, 0.4) is 0 Å². The van der Waals surface area contributed by atoms with Gasteiger partial charge in [0.25, 0.3) is 0 Å². The normalized spacial score (nSPS) is 12.7. The van der Waals surface area contributed by atoms with Crippen molar-refractivity contribution < 1.29 is 14.4 Å². The summed E-state index contributed by atoms with van der Waals surface area (Å²) < 4.78 is 10.7. The fourth-order valence-electron chi connectivity index (χ4n) is 2.12. The third-order valence-electron chi connectivity index (χ3n) is 3.17. The number of hydrogen-bond acceptors (Lipinski definition) is 7. The van der Waals surface area contributed by atoms with Crippen LogP contribution in [0.15, 0.2) is 29.0 Å². The standard InChI is InChI=1S/C15H22N4O3/c1-3-21-12(2)15-17-14(22-18-15)11-19(7-8-20)10-13-5-4-6-16-9-13/h4-6,9,12,20H,3,7-8,10-11H2,1-2H3/t12-/m0/s1. The Morgan fingerprint density at radius 2 is 2.27 bits per heavy atom. The van der Waals surface area contributed by atoms with Crippen LogP contribution in [0.25, 0.3) is 0 Å². The second kappa shape index (κ2) is 8.57. The van der Waals surface area contributed by atoms with E-state index in [1.54, 1.807) is 12.4 Å². The van der Waals surface area contributed by atoms with Gasteiger partial charge in [-0.25, -0.2) is 0 Å². The molecule has 0 unspecified atom stereocenters. The second-order valence-electron chi connectivity index (χ2n) is 4.94. The van der Waals surface area contributed by atoms with E-state index in [-0.39, 0.29) is 12.7 Å². The fourth-order valence-corrected chi connectivity index (χ4v) is 2.12. The lowest BCUT2D eigenvalue weighted by atomic mass is 10.2. The van der Waals surface area contributed by atoms with Gasteiger partial charge in [-0.15, -0.1) is 0 Å². The van der Waals surface area contributed by atoms with Crippen LogP contribution >= 0.6 is 0 Å². The van der Waals surface area contributed by atoms with Gasteiger partial charge in [0, 0.05) is 32.1 Å². The summed E-state index contributed by atoms with van der Waals surface area (Å²) in [6.07, 6.45) is 3.35. The average Bonchev–Trinajstić information content (AvgIpc) is 2.97. The lowest BCUT2D eigenvalue weighted by molar-refractivity contribution is 0.0683. The van der Waals surface area contributed by atoms with Gasteiger partial charge in [0.1, 0.15) is 6.10 Å². The van der Waals surface area contributed by atoms with Crippen LogP contribution in [0.5, 0.6) is 0 Å². The predicted molar refractivity (Wildman–Crippen MR) is 79.8 cm³/mol. The molecule has 0 fully saturated rings. The lowest BCUT2D eigenvalue weighted by Crippen LogP contribution is -2.26. The van der Waals surface area contributed by atoms with E-state index >= 15 is 0 Å². The molecular weight excluding hydrogens is 284 g/mol. The van der Waals surface area contributed by atoms with E-state index in [1.807, 2.05) is 30.9 Å². The molecule has 120 valence electrons. The van der Waals surface area contributed by atoms with Crippen molar-refractivity contribution in [3.05, 3.63) is 41.8 Å². The van der Waals surface area contributed by atoms with Crippen LogP contribution in [0.4, 0.5) is 0 Å². The van der Waals surface area contributed by atoms with Crippen molar-refractivity contribution in [2.24, 2.45) is 0 Å². The number of aromatic nitrogens is 3. The van der Waals surface area contributed by atoms with Crippen LogP contribution in [-0.2, 0) is 17.8 Å². The zero-order valence-electron chi connectivity index (χ0n) is 13.0. The van der Waals surface area contributed by atoms with Gasteiger partial charge in [0.05, 0.1) is 13.2 Å². The van der Waals surface area contributed by atoms with Crippen molar-refractivity contribution in [2.75, 3.05) is 19.8 Å². The number of aliphatic hydroxyl groups is 1.